The predicted molar refractivity (Wildman–Crippen MR) is 112 cm³/mol. The number of benzene rings is 1. The molecular weight excluding hydrogens is 322 g/mol. The van der Waals surface area contributed by atoms with E-state index in [1.54, 1.807) is 0 Å². The smallest absolute Gasteiger partial charge is 0.0843 e. The van der Waals surface area contributed by atoms with Gasteiger partial charge in [-0.1, -0.05) is 65.5 Å². The summed E-state index contributed by atoms with van der Waals surface area (Å²) in [6.45, 7) is 16.4. The minimum Gasteiger partial charge on any atom is -0.376 e. The standard InChI is InChI=1S/C21H35N3Si/c1-15(2)17-10-9-11-18(16(3)4)21(17)22-20(14-25(6,7)8)19-12-13-24(5)23-19/h9-13,15-16,20,22H,14H2,1-8H3. The van der Waals surface area contributed by atoms with E-state index in [4.69, 9.17) is 5.10 Å². The molecule has 2 aromatic rings. The van der Waals surface area contributed by atoms with Crippen LogP contribution in [0.15, 0.2) is 30.5 Å². The first kappa shape index (κ1) is 19.8. The number of nitrogens with zero attached hydrogens (tertiary/aromatic N) is 2. The summed E-state index contributed by atoms with van der Waals surface area (Å²) in [4.78, 5) is 0. The second-order valence-electron chi connectivity index (χ2n) is 9.00. The Balaban J connectivity index is 2.47. The van der Waals surface area contributed by atoms with E-state index >= 15 is 0 Å². The van der Waals surface area contributed by atoms with E-state index in [2.05, 4.69) is 76.9 Å². The molecule has 138 valence electrons. The molecule has 1 unspecified atom stereocenters. The molecule has 0 saturated heterocycles. The average molecular weight is 358 g/mol. The van der Waals surface area contributed by atoms with Crippen molar-refractivity contribution in [2.24, 2.45) is 7.05 Å². The summed E-state index contributed by atoms with van der Waals surface area (Å²) in [5, 5.41) is 8.64. The third kappa shape index (κ3) is 5.21. The van der Waals surface area contributed by atoms with Crippen molar-refractivity contribution < 1.29 is 0 Å². The molecule has 0 spiro atoms. The molecule has 0 aliphatic heterocycles. The summed E-state index contributed by atoms with van der Waals surface area (Å²) in [6.07, 6.45) is 2.05. The lowest BCUT2D eigenvalue weighted by molar-refractivity contribution is 0.710. The van der Waals surface area contributed by atoms with Crippen LogP contribution in [0.1, 0.15) is 62.4 Å². The van der Waals surface area contributed by atoms with Gasteiger partial charge in [0.15, 0.2) is 0 Å². The number of para-hydroxylation sites is 1. The van der Waals surface area contributed by atoms with Crippen LogP contribution in [-0.4, -0.2) is 17.9 Å². The van der Waals surface area contributed by atoms with Gasteiger partial charge in [-0.25, -0.2) is 0 Å². The third-order valence-electron chi connectivity index (χ3n) is 4.60. The van der Waals surface area contributed by atoms with Gasteiger partial charge in [0.2, 0.25) is 0 Å². The Morgan fingerprint density at radius 1 is 1.00 bits per heavy atom. The fourth-order valence-electron chi connectivity index (χ4n) is 3.35. The van der Waals surface area contributed by atoms with Crippen LogP contribution in [0.3, 0.4) is 0 Å². The molecule has 0 amide bonds. The number of hydrogen-bond donors (Lipinski definition) is 1. The molecule has 0 saturated carbocycles. The largest absolute Gasteiger partial charge is 0.376 e. The van der Waals surface area contributed by atoms with E-state index in [0.717, 1.165) is 5.69 Å². The topological polar surface area (TPSA) is 29.9 Å². The van der Waals surface area contributed by atoms with Gasteiger partial charge in [-0.3, -0.25) is 4.68 Å². The lowest BCUT2D eigenvalue weighted by atomic mass is 9.92. The summed E-state index contributed by atoms with van der Waals surface area (Å²) in [7, 11) is 0.748. The Morgan fingerprint density at radius 3 is 1.96 bits per heavy atom. The van der Waals surface area contributed by atoms with Gasteiger partial charge in [-0.05, 0) is 35.1 Å². The molecule has 25 heavy (non-hydrogen) atoms. The summed E-state index contributed by atoms with van der Waals surface area (Å²) >= 11 is 0. The highest BCUT2D eigenvalue weighted by molar-refractivity contribution is 6.76. The highest BCUT2D eigenvalue weighted by Crippen LogP contribution is 2.36. The van der Waals surface area contributed by atoms with Crippen molar-refractivity contribution in [3.63, 3.8) is 0 Å². The number of hydrogen-bond acceptors (Lipinski definition) is 2. The zero-order valence-corrected chi connectivity index (χ0v) is 18.2. The summed E-state index contributed by atoms with van der Waals surface area (Å²) < 4.78 is 1.91. The Morgan fingerprint density at radius 2 is 1.56 bits per heavy atom. The molecule has 2 rings (SSSR count). The number of anilines is 1. The quantitative estimate of drug-likeness (QED) is 0.601. The molecule has 3 nitrogen and oxygen atoms in total. The van der Waals surface area contributed by atoms with Crippen LogP contribution in [0, 0.1) is 0 Å². The second kappa shape index (κ2) is 7.77. The van der Waals surface area contributed by atoms with Crippen LogP contribution in [0.25, 0.3) is 0 Å². The van der Waals surface area contributed by atoms with Gasteiger partial charge >= 0.3 is 0 Å². The highest BCUT2D eigenvalue weighted by atomic mass is 28.3. The van der Waals surface area contributed by atoms with Gasteiger partial charge in [-0.15, -0.1) is 0 Å². The minimum atomic E-state index is -1.25. The first-order valence-electron chi connectivity index (χ1n) is 9.47. The first-order chi connectivity index (χ1) is 11.6. The Bertz CT molecular complexity index is 669. The van der Waals surface area contributed by atoms with Gasteiger partial charge in [0, 0.05) is 27.0 Å². The van der Waals surface area contributed by atoms with Crippen LogP contribution < -0.4 is 5.32 Å². The van der Waals surface area contributed by atoms with E-state index in [1.807, 2.05) is 17.9 Å². The zero-order valence-electron chi connectivity index (χ0n) is 17.2. The van der Waals surface area contributed by atoms with Gasteiger partial charge in [-0.2, -0.15) is 5.10 Å². The molecule has 4 heteroatoms. The number of rotatable bonds is 7. The van der Waals surface area contributed by atoms with E-state index in [9.17, 15) is 0 Å². The normalized spacial score (nSPS) is 13.5. The Hall–Kier alpha value is -1.55. The Kier molecular flexibility index (Phi) is 6.15. The molecular formula is C21H35N3Si. The van der Waals surface area contributed by atoms with Gasteiger partial charge < -0.3 is 5.32 Å². The van der Waals surface area contributed by atoms with Crippen molar-refractivity contribution in [3.8, 4) is 0 Å². The number of aromatic nitrogens is 2. The summed E-state index contributed by atoms with van der Waals surface area (Å²) in [5.41, 5.74) is 5.28. The van der Waals surface area contributed by atoms with Crippen molar-refractivity contribution in [2.75, 3.05) is 5.32 Å². The molecule has 1 N–H and O–H groups in total. The SMILES string of the molecule is CC(C)c1cccc(C(C)C)c1NC(C[Si](C)(C)C)c1ccn(C)n1. The molecule has 0 radical (unpaired) electrons. The van der Waals surface area contributed by atoms with E-state index in [0.29, 0.717) is 11.8 Å². The van der Waals surface area contributed by atoms with Crippen molar-refractivity contribution in [3.05, 3.63) is 47.3 Å². The molecule has 1 aromatic carbocycles. The lowest BCUT2D eigenvalue weighted by Crippen LogP contribution is -2.27. The fraction of sp³-hybridized carbons (Fsp3) is 0.571. The molecule has 0 aliphatic rings. The van der Waals surface area contributed by atoms with Gasteiger partial charge in [0.1, 0.15) is 0 Å². The van der Waals surface area contributed by atoms with Crippen molar-refractivity contribution in [1.29, 1.82) is 0 Å². The number of aryl methyl sites for hydroxylation is 1. The van der Waals surface area contributed by atoms with Crippen molar-refractivity contribution in [1.82, 2.24) is 9.78 Å². The lowest BCUT2D eigenvalue weighted by Gasteiger charge is -2.29. The highest BCUT2D eigenvalue weighted by Gasteiger charge is 2.25. The second-order valence-corrected chi connectivity index (χ2v) is 14.5. The van der Waals surface area contributed by atoms with E-state index in [-0.39, 0.29) is 6.04 Å². The zero-order chi connectivity index (χ0) is 18.8. The molecule has 0 bridgehead atoms. The van der Waals surface area contributed by atoms with Crippen LogP contribution in [-0.2, 0) is 7.05 Å². The maximum Gasteiger partial charge on any atom is 0.0843 e. The molecule has 0 aliphatic carbocycles. The van der Waals surface area contributed by atoms with Gasteiger partial charge in [0.25, 0.3) is 0 Å². The van der Waals surface area contributed by atoms with Crippen LogP contribution >= 0.6 is 0 Å². The van der Waals surface area contributed by atoms with Crippen LogP contribution in [0.2, 0.25) is 25.7 Å². The molecule has 1 aromatic heterocycles. The molecule has 1 heterocycles. The predicted octanol–water partition coefficient (Wildman–Crippen LogP) is 6.16. The van der Waals surface area contributed by atoms with E-state index in [1.165, 1.54) is 22.9 Å². The summed E-state index contributed by atoms with van der Waals surface area (Å²) in [5.74, 6) is 0.995. The molecule has 1 atom stereocenters. The van der Waals surface area contributed by atoms with Crippen LogP contribution in [0.4, 0.5) is 5.69 Å². The summed E-state index contributed by atoms with van der Waals surface area (Å²) in [6, 6.07) is 10.3. The first-order valence-corrected chi connectivity index (χ1v) is 13.2. The fourth-order valence-corrected chi connectivity index (χ4v) is 4.89. The maximum atomic E-state index is 4.72. The van der Waals surface area contributed by atoms with Crippen LogP contribution in [0.5, 0.6) is 0 Å². The van der Waals surface area contributed by atoms with Crippen molar-refractivity contribution in [2.45, 2.75) is 71.3 Å². The van der Waals surface area contributed by atoms with Gasteiger partial charge in [0.05, 0.1) is 11.7 Å². The maximum absolute atomic E-state index is 4.72. The average Bonchev–Trinajstić information content (AvgIpc) is 2.91. The minimum absolute atomic E-state index is 0.269. The number of nitrogens with one attached hydrogen (secondary N) is 1. The van der Waals surface area contributed by atoms with E-state index < -0.39 is 8.07 Å². The molecule has 0 fully saturated rings. The Labute approximate surface area is 154 Å². The third-order valence-corrected chi connectivity index (χ3v) is 6.23. The van der Waals surface area contributed by atoms with Crippen molar-refractivity contribution >= 4 is 13.8 Å². The monoisotopic (exact) mass is 357 g/mol.